The Bertz CT molecular complexity index is 174. The normalized spacial score (nSPS) is 15.8. The zero-order valence-electron chi connectivity index (χ0n) is 12.1. The van der Waals surface area contributed by atoms with E-state index in [1.165, 1.54) is 6.42 Å². The second-order valence-corrected chi connectivity index (χ2v) is 7.13. The van der Waals surface area contributed by atoms with Crippen LogP contribution >= 0.6 is 0 Å². The minimum Gasteiger partial charge on any atom is -0.311 e. The van der Waals surface area contributed by atoms with Crippen LogP contribution in [-0.4, -0.2) is 12.1 Å². The second-order valence-electron chi connectivity index (χ2n) is 7.13. The van der Waals surface area contributed by atoms with E-state index in [1.54, 1.807) is 0 Å². The molecule has 0 saturated heterocycles. The van der Waals surface area contributed by atoms with Crippen molar-refractivity contribution >= 4 is 0 Å². The molecule has 0 aromatic rings. The van der Waals surface area contributed by atoms with Crippen molar-refractivity contribution in [1.29, 1.82) is 0 Å². The van der Waals surface area contributed by atoms with E-state index in [-0.39, 0.29) is 5.54 Å². The second kappa shape index (κ2) is 5.34. The first kappa shape index (κ1) is 15.0. The molecular weight excluding hydrogens is 182 g/mol. The fourth-order valence-electron chi connectivity index (χ4n) is 1.83. The van der Waals surface area contributed by atoms with E-state index in [9.17, 15) is 0 Å². The van der Waals surface area contributed by atoms with E-state index in [0.717, 1.165) is 12.5 Å². The van der Waals surface area contributed by atoms with Gasteiger partial charge in [-0.3, -0.25) is 0 Å². The molecule has 1 unspecified atom stereocenters. The van der Waals surface area contributed by atoms with Gasteiger partial charge in [0.15, 0.2) is 0 Å². The Balaban J connectivity index is 4.04. The topological polar surface area (TPSA) is 12.0 Å². The molecule has 0 amide bonds. The van der Waals surface area contributed by atoms with Gasteiger partial charge in [0.25, 0.3) is 0 Å². The van der Waals surface area contributed by atoms with Gasteiger partial charge in [0.2, 0.25) is 0 Å². The van der Waals surface area contributed by atoms with Gasteiger partial charge in [-0.2, -0.15) is 0 Å². The molecule has 1 N–H and O–H groups in total. The Kier molecular flexibility index (Phi) is 5.32. The Morgan fingerprint density at radius 1 is 0.933 bits per heavy atom. The molecule has 0 rings (SSSR count). The maximum absolute atomic E-state index is 3.70. The lowest BCUT2D eigenvalue weighted by atomic mass is 9.81. The van der Waals surface area contributed by atoms with Crippen LogP contribution in [0, 0.1) is 17.3 Å². The SMILES string of the molecule is CC(C)CC(C)(C)NCC(C)C(C)(C)C. The molecule has 0 aliphatic rings. The summed E-state index contributed by atoms with van der Waals surface area (Å²) in [4.78, 5) is 0. The highest BCUT2D eigenvalue weighted by molar-refractivity contribution is 4.81. The average Bonchev–Trinajstić information content (AvgIpc) is 1.95. The summed E-state index contributed by atoms with van der Waals surface area (Å²) < 4.78 is 0. The monoisotopic (exact) mass is 213 g/mol. The van der Waals surface area contributed by atoms with Crippen molar-refractivity contribution in [2.24, 2.45) is 17.3 Å². The van der Waals surface area contributed by atoms with Gasteiger partial charge in [-0.25, -0.2) is 0 Å². The first-order chi connectivity index (χ1) is 6.54. The summed E-state index contributed by atoms with van der Waals surface area (Å²) >= 11 is 0. The third kappa shape index (κ3) is 6.94. The van der Waals surface area contributed by atoms with Crippen molar-refractivity contribution in [2.75, 3.05) is 6.54 Å². The molecule has 0 radical (unpaired) electrons. The molecule has 0 aromatic carbocycles. The third-order valence-corrected chi connectivity index (χ3v) is 3.28. The standard InChI is InChI=1S/C14H31N/c1-11(2)9-14(7,8)15-10-12(3)13(4,5)6/h11-12,15H,9-10H2,1-8H3. The molecule has 1 heteroatoms. The Morgan fingerprint density at radius 3 is 1.73 bits per heavy atom. The summed E-state index contributed by atoms with van der Waals surface area (Å²) in [7, 11) is 0. The fourth-order valence-corrected chi connectivity index (χ4v) is 1.83. The van der Waals surface area contributed by atoms with Crippen molar-refractivity contribution < 1.29 is 0 Å². The van der Waals surface area contributed by atoms with Crippen LogP contribution in [0.1, 0.15) is 61.8 Å². The summed E-state index contributed by atoms with van der Waals surface area (Å²) in [6.45, 7) is 19.6. The molecule has 0 heterocycles. The van der Waals surface area contributed by atoms with Gasteiger partial charge in [0, 0.05) is 5.54 Å². The highest BCUT2D eigenvalue weighted by atomic mass is 15.0. The van der Waals surface area contributed by atoms with Crippen molar-refractivity contribution in [3.8, 4) is 0 Å². The van der Waals surface area contributed by atoms with Gasteiger partial charge in [0.05, 0.1) is 0 Å². The summed E-state index contributed by atoms with van der Waals surface area (Å²) in [5.74, 6) is 1.47. The highest BCUT2D eigenvalue weighted by Gasteiger charge is 2.24. The lowest BCUT2D eigenvalue weighted by molar-refractivity contribution is 0.218. The molecule has 0 aromatic heterocycles. The third-order valence-electron chi connectivity index (χ3n) is 3.28. The largest absolute Gasteiger partial charge is 0.311 e. The minimum absolute atomic E-state index is 0.272. The lowest BCUT2D eigenvalue weighted by Crippen LogP contribution is -2.44. The van der Waals surface area contributed by atoms with Gasteiger partial charge in [-0.1, -0.05) is 41.5 Å². The maximum Gasteiger partial charge on any atom is 0.0127 e. The van der Waals surface area contributed by atoms with E-state index in [1.807, 2.05) is 0 Å². The first-order valence-corrected chi connectivity index (χ1v) is 6.29. The van der Waals surface area contributed by atoms with E-state index in [4.69, 9.17) is 0 Å². The van der Waals surface area contributed by atoms with Crippen molar-refractivity contribution in [1.82, 2.24) is 5.32 Å². The molecule has 0 saturated carbocycles. The number of rotatable bonds is 5. The summed E-state index contributed by atoms with van der Waals surface area (Å²) in [5.41, 5.74) is 0.675. The summed E-state index contributed by atoms with van der Waals surface area (Å²) in [5, 5.41) is 3.70. The van der Waals surface area contributed by atoms with Crippen LogP contribution in [0.5, 0.6) is 0 Å². The van der Waals surface area contributed by atoms with Crippen LogP contribution < -0.4 is 5.32 Å². The van der Waals surface area contributed by atoms with E-state index in [0.29, 0.717) is 11.3 Å². The van der Waals surface area contributed by atoms with Crippen LogP contribution in [0.4, 0.5) is 0 Å². The predicted molar refractivity (Wildman–Crippen MR) is 70.2 cm³/mol. The van der Waals surface area contributed by atoms with Gasteiger partial charge >= 0.3 is 0 Å². The minimum atomic E-state index is 0.272. The van der Waals surface area contributed by atoms with Gasteiger partial charge in [0.1, 0.15) is 0 Å². The number of hydrogen-bond donors (Lipinski definition) is 1. The van der Waals surface area contributed by atoms with Crippen LogP contribution in [0.15, 0.2) is 0 Å². The zero-order valence-corrected chi connectivity index (χ0v) is 12.1. The van der Waals surface area contributed by atoms with E-state index < -0.39 is 0 Å². The maximum atomic E-state index is 3.70. The molecule has 0 aliphatic carbocycles. The van der Waals surface area contributed by atoms with Crippen LogP contribution in [0.2, 0.25) is 0 Å². The highest BCUT2D eigenvalue weighted by Crippen LogP contribution is 2.25. The Labute approximate surface area is 97.0 Å². The van der Waals surface area contributed by atoms with Crippen molar-refractivity contribution in [3.05, 3.63) is 0 Å². The van der Waals surface area contributed by atoms with E-state index in [2.05, 4.69) is 60.7 Å². The molecule has 0 aliphatic heterocycles. The lowest BCUT2D eigenvalue weighted by Gasteiger charge is -2.34. The number of hydrogen-bond acceptors (Lipinski definition) is 1. The molecule has 15 heavy (non-hydrogen) atoms. The van der Waals surface area contributed by atoms with Gasteiger partial charge < -0.3 is 5.32 Å². The van der Waals surface area contributed by atoms with Crippen LogP contribution in [0.3, 0.4) is 0 Å². The molecule has 1 nitrogen and oxygen atoms in total. The zero-order chi connectivity index (χ0) is 12.3. The fraction of sp³-hybridized carbons (Fsp3) is 1.00. The van der Waals surface area contributed by atoms with E-state index >= 15 is 0 Å². The van der Waals surface area contributed by atoms with Crippen molar-refractivity contribution in [3.63, 3.8) is 0 Å². The smallest absolute Gasteiger partial charge is 0.0127 e. The average molecular weight is 213 g/mol. The molecular formula is C14H31N. The Hall–Kier alpha value is -0.0400. The number of nitrogens with one attached hydrogen (secondary N) is 1. The summed E-state index contributed by atoms with van der Waals surface area (Å²) in [6.07, 6.45) is 1.24. The van der Waals surface area contributed by atoms with Gasteiger partial charge in [-0.05, 0) is 44.1 Å². The molecule has 0 bridgehead atoms. The quantitative estimate of drug-likeness (QED) is 0.725. The van der Waals surface area contributed by atoms with Crippen molar-refractivity contribution in [2.45, 2.75) is 67.3 Å². The molecule has 0 fully saturated rings. The molecule has 92 valence electrons. The first-order valence-electron chi connectivity index (χ1n) is 6.29. The Morgan fingerprint density at radius 2 is 1.40 bits per heavy atom. The molecule has 0 spiro atoms. The van der Waals surface area contributed by atoms with Crippen LogP contribution in [-0.2, 0) is 0 Å². The van der Waals surface area contributed by atoms with Gasteiger partial charge in [-0.15, -0.1) is 0 Å². The summed E-state index contributed by atoms with van der Waals surface area (Å²) in [6, 6.07) is 0. The molecule has 1 atom stereocenters. The predicted octanol–water partition coefficient (Wildman–Crippen LogP) is 4.08. The van der Waals surface area contributed by atoms with Crippen LogP contribution in [0.25, 0.3) is 0 Å².